The molecular weight excluding hydrogens is 350 g/mol. The van der Waals surface area contributed by atoms with E-state index >= 15 is 0 Å². The Balaban J connectivity index is 0.00000676. The number of halogens is 1. The summed E-state index contributed by atoms with van der Waals surface area (Å²) in [7, 11) is 2.21. The number of rotatable bonds is 18. The SMILES string of the molecule is CCCCCCCCCCCCCCCCCCN(C)c1ccccc1.Cl. The van der Waals surface area contributed by atoms with Gasteiger partial charge in [0.05, 0.1) is 0 Å². The fraction of sp³-hybridized carbons (Fsp3) is 0.760. The average molecular weight is 396 g/mol. The highest BCUT2D eigenvalue weighted by Gasteiger charge is 1.99. The molecule has 2 heteroatoms. The van der Waals surface area contributed by atoms with Crippen LogP contribution in [0.2, 0.25) is 0 Å². The minimum atomic E-state index is 0. The van der Waals surface area contributed by atoms with E-state index in [4.69, 9.17) is 0 Å². The fourth-order valence-electron chi connectivity index (χ4n) is 3.71. The molecule has 1 rings (SSSR count). The number of para-hydroxylation sites is 1. The van der Waals surface area contributed by atoms with Crippen molar-refractivity contribution in [3.63, 3.8) is 0 Å². The lowest BCUT2D eigenvalue weighted by Gasteiger charge is -2.18. The average Bonchev–Trinajstić information content (AvgIpc) is 2.68. The molecule has 27 heavy (non-hydrogen) atoms. The van der Waals surface area contributed by atoms with Crippen LogP contribution in [0.5, 0.6) is 0 Å². The van der Waals surface area contributed by atoms with Crippen molar-refractivity contribution in [2.24, 2.45) is 0 Å². The third-order valence-corrected chi connectivity index (χ3v) is 5.54. The second-order valence-electron chi connectivity index (χ2n) is 8.06. The molecule has 1 nitrogen and oxygen atoms in total. The van der Waals surface area contributed by atoms with Gasteiger partial charge in [0.15, 0.2) is 0 Å². The van der Waals surface area contributed by atoms with E-state index < -0.39 is 0 Å². The van der Waals surface area contributed by atoms with E-state index in [0.717, 1.165) is 0 Å². The van der Waals surface area contributed by atoms with Gasteiger partial charge in [-0.2, -0.15) is 0 Å². The van der Waals surface area contributed by atoms with Crippen molar-refractivity contribution in [3.05, 3.63) is 30.3 Å². The zero-order valence-corrected chi connectivity index (χ0v) is 19.1. The normalized spacial score (nSPS) is 10.6. The van der Waals surface area contributed by atoms with Crippen molar-refractivity contribution in [1.82, 2.24) is 0 Å². The standard InChI is InChI=1S/C25H45N.ClH/c1-3-4-5-6-7-8-9-10-11-12-13-14-15-16-17-21-24-26(2)25-22-19-18-20-23-25;/h18-20,22-23H,3-17,21,24H2,1-2H3;1H. The summed E-state index contributed by atoms with van der Waals surface area (Å²) < 4.78 is 0. The molecule has 0 saturated heterocycles. The minimum absolute atomic E-state index is 0. The largest absolute Gasteiger partial charge is 0.375 e. The predicted octanol–water partition coefficient (Wildman–Crippen LogP) is 8.81. The van der Waals surface area contributed by atoms with Gasteiger partial charge in [-0.15, -0.1) is 12.4 Å². The molecule has 0 saturated carbocycles. The Morgan fingerprint density at radius 2 is 0.926 bits per heavy atom. The van der Waals surface area contributed by atoms with Crippen LogP contribution in [0.1, 0.15) is 110 Å². The second kappa shape index (κ2) is 20.1. The Hall–Kier alpha value is -0.690. The maximum absolute atomic E-state index is 2.38. The maximum atomic E-state index is 2.38. The quantitative estimate of drug-likeness (QED) is 0.224. The van der Waals surface area contributed by atoms with Crippen LogP contribution in [0.3, 0.4) is 0 Å². The summed E-state index contributed by atoms with van der Waals surface area (Å²) in [5.74, 6) is 0. The molecule has 0 atom stereocenters. The molecule has 0 bridgehead atoms. The number of hydrogen-bond donors (Lipinski definition) is 0. The van der Waals surface area contributed by atoms with Crippen molar-refractivity contribution in [2.45, 2.75) is 110 Å². The molecule has 0 aliphatic carbocycles. The Kier molecular flexibility index (Phi) is 19.5. The molecule has 0 amide bonds. The summed E-state index contributed by atoms with van der Waals surface area (Å²) in [6.07, 6.45) is 23.0. The monoisotopic (exact) mass is 395 g/mol. The first kappa shape index (κ1) is 26.3. The summed E-state index contributed by atoms with van der Waals surface area (Å²) in [6, 6.07) is 10.7. The van der Waals surface area contributed by atoms with Crippen LogP contribution in [-0.2, 0) is 0 Å². The lowest BCUT2D eigenvalue weighted by atomic mass is 10.0. The van der Waals surface area contributed by atoms with Crippen LogP contribution < -0.4 is 4.90 Å². The molecule has 0 aromatic heterocycles. The van der Waals surface area contributed by atoms with E-state index in [2.05, 4.69) is 49.2 Å². The highest BCUT2D eigenvalue weighted by molar-refractivity contribution is 5.85. The van der Waals surface area contributed by atoms with Gasteiger partial charge in [0, 0.05) is 19.3 Å². The Morgan fingerprint density at radius 3 is 1.33 bits per heavy atom. The summed E-state index contributed by atoms with van der Waals surface area (Å²) in [6.45, 7) is 3.48. The van der Waals surface area contributed by atoms with Gasteiger partial charge in [-0.25, -0.2) is 0 Å². The van der Waals surface area contributed by atoms with Crippen LogP contribution in [0.25, 0.3) is 0 Å². The highest BCUT2D eigenvalue weighted by atomic mass is 35.5. The van der Waals surface area contributed by atoms with Crippen LogP contribution >= 0.6 is 12.4 Å². The van der Waals surface area contributed by atoms with Crippen LogP contribution in [0.15, 0.2) is 30.3 Å². The second-order valence-corrected chi connectivity index (χ2v) is 8.06. The molecule has 1 aromatic rings. The van der Waals surface area contributed by atoms with Crippen LogP contribution in [0.4, 0.5) is 5.69 Å². The minimum Gasteiger partial charge on any atom is -0.375 e. The van der Waals surface area contributed by atoms with E-state index in [1.807, 2.05) is 0 Å². The highest BCUT2D eigenvalue weighted by Crippen LogP contribution is 2.15. The topological polar surface area (TPSA) is 3.24 Å². The van der Waals surface area contributed by atoms with E-state index in [9.17, 15) is 0 Å². The molecule has 0 fully saturated rings. The van der Waals surface area contributed by atoms with E-state index in [-0.39, 0.29) is 12.4 Å². The number of hydrogen-bond acceptors (Lipinski definition) is 1. The van der Waals surface area contributed by atoms with Crippen molar-refractivity contribution in [2.75, 3.05) is 18.5 Å². The third kappa shape index (κ3) is 16.0. The Bertz CT molecular complexity index is 393. The van der Waals surface area contributed by atoms with Gasteiger partial charge in [0.2, 0.25) is 0 Å². The molecular formula is C25H46ClN. The van der Waals surface area contributed by atoms with E-state index in [0.29, 0.717) is 0 Å². The molecule has 0 aliphatic rings. The van der Waals surface area contributed by atoms with Crippen molar-refractivity contribution >= 4 is 18.1 Å². The first-order chi connectivity index (χ1) is 12.8. The van der Waals surface area contributed by atoms with E-state index in [1.54, 1.807) is 0 Å². The molecule has 0 N–H and O–H groups in total. The number of benzene rings is 1. The Labute approximate surface area is 176 Å². The van der Waals surface area contributed by atoms with Crippen LogP contribution in [-0.4, -0.2) is 13.6 Å². The van der Waals surface area contributed by atoms with Crippen molar-refractivity contribution in [3.8, 4) is 0 Å². The fourth-order valence-corrected chi connectivity index (χ4v) is 3.71. The number of unbranched alkanes of at least 4 members (excludes halogenated alkanes) is 15. The van der Waals surface area contributed by atoms with Gasteiger partial charge in [-0.3, -0.25) is 0 Å². The van der Waals surface area contributed by atoms with E-state index in [1.165, 1.54) is 115 Å². The first-order valence-corrected chi connectivity index (χ1v) is 11.6. The van der Waals surface area contributed by atoms with Gasteiger partial charge < -0.3 is 4.90 Å². The zero-order valence-electron chi connectivity index (χ0n) is 18.3. The van der Waals surface area contributed by atoms with Gasteiger partial charge in [0.25, 0.3) is 0 Å². The summed E-state index contributed by atoms with van der Waals surface area (Å²) in [4.78, 5) is 2.38. The number of nitrogens with zero attached hydrogens (tertiary/aromatic N) is 1. The maximum Gasteiger partial charge on any atom is 0.0363 e. The molecule has 0 spiro atoms. The van der Waals surface area contributed by atoms with Crippen molar-refractivity contribution in [1.29, 1.82) is 0 Å². The van der Waals surface area contributed by atoms with Gasteiger partial charge in [-0.1, -0.05) is 121 Å². The van der Waals surface area contributed by atoms with Crippen molar-refractivity contribution < 1.29 is 0 Å². The van der Waals surface area contributed by atoms with Gasteiger partial charge in [0.1, 0.15) is 0 Å². The lowest BCUT2D eigenvalue weighted by Crippen LogP contribution is -2.18. The third-order valence-electron chi connectivity index (χ3n) is 5.54. The van der Waals surface area contributed by atoms with Gasteiger partial charge >= 0.3 is 0 Å². The van der Waals surface area contributed by atoms with Gasteiger partial charge in [-0.05, 0) is 18.6 Å². The smallest absolute Gasteiger partial charge is 0.0363 e. The number of anilines is 1. The predicted molar refractivity (Wildman–Crippen MR) is 127 cm³/mol. The van der Waals surface area contributed by atoms with Crippen LogP contribution in [0, 0.1) is 0 Å². The first-order valence-electron chi connectivity index (χ1n) is 11.6. The Morgan fingerprint density at radius 1 is 0.556 bits per heavy atom. The molecule has 158 valence electrons. The molecule has 0 unspecified atom stereocenters. The summed E-state index contributed by atoms with van der Waals surface area (Å²) in [5, 5.41) is 0. The molecule has 0 radical (unpaired) electrons. The summed E-state index contributed by atoms with van der Waals surface area (Å²) in [5.41, 5.74) is 1.34. The lowest BCUT2D eigenvalue weighted by molar-refractivity contribution is 0.529. The zero-order chi connectivity index (χ0) is 18.7. The molecule has 0 aliphatic heterocycles. The summed E-state index contributed by atoms with van der Waals surface area (Å²) >= 11 is 0. The molecule has 0 heterocycles. The molecule has 1 aromatic carbocycles.